The lowest BCUT2D eigenvalue weighted by molar-refractivity contribution is 0.0342. The topological polar surface area (TPSA) is 61.8 Å². The number of ether oxygens (including phenoxy) is 1. The van der Waals surface area contributed by atoms with Gasteiger partial charge in [0.2, 0.25) is 0 Å². The van der Waals surface area contributed by atoms with E-state index in [4.69, 9.17) is 4.74 Å². The van der Waals surface area contributed by atoms with Crippen LogP contribution < -0.4 is 10.6 Å². The number of hydrogen-bond acceptors (Lipinski definition) is 4. The summed E-state index contributed by atoms with van der Waals surface area (Å²) in [6.45, 7) is 6.09. The van der Waals surface area contributed by atoms with Crippen molar-refractivity contribution in [3.63, 3.8) is 0 Å². The van der Waals surface area contributed by atoms with Gasteiger partial charge in [0.15, 0.2) is 5.96 Å². The Balaban J connectivity index is 0.00000261. The number of guanidine groups is 1. The molecule has 1 aromatic carbocycles. The highest BCUT2D eigenvalue weighted by Gasteiger charge is 2.10. The van der Waals surface area contributed by atoms with Gasteiger partial charge in [0, 0.05) is 39.4 Å². The van der Waals surface area contributed by atoms with Crippen molar-refractivity contribution >= 4 is 29.9 Å². The normalized spacial score (nSPS) is 15.1. The SMILES string of the molecule is CN=C(NCc1ccc(CN2CCOCC2)cc1)NCc1ccccn1.I. The quantitative estimate of drug-likeness (QED) is 0.377. The summed E-state index contributed by atoms with van der Waals surface area (Å²) in [5, 5.41) is 6.62. The monoisotopic (exact) mass is 481 g/mol. The number of aliphatic imine (C=N–C) groups is 1. The van der Waals surface area contributed by atoms with E-state index >= 15 is 0 Å². The minimum absolute atomic E-state index is 0. The van der Waals surface area contributed by atoms with Crippen molar-refractivity contribution in [2.24, 2.45) is 4.99 Å². The van der Waals surface area contributed by atoms with Gasteiger partial charge in [0.25, 0.3) is 0 Å². The summed E-state index contributed by atoms with van der Waals surface area (Å²) in [5.74, 6) is 0.771. The smallest absolute Gasteiger partial charge is 0.191 e. The van der Waals surface area contributed by atoms with Gasteiger partial charge < -0.3 is 15.4 Å². The van der Waals surface area contributed by atoms with Crippen molar-refractivity contribution in [1.82, 2.24) is 20.5 Å². The first-order valence-electron chi connectivity index (χ1n) is 9.06. The molecule has 0 saturated carbocycles. The van der Waals surface area contributed by atoms with Gasteiger partial charge in [-0.25, -0.2) is 0 Å². The lowest BCUT2D eigenvalue weighted by Gasteiger charge is -2.26. The van der Waals surface area contributed by atoms with Gasteiger partial charge in [0.05, 0.1) is 25.5 Å². The van der Waals surface area contributed by atoms with Gasteiger partial charge in [0.1, 0.15) is 0 Å². The average molecular weight is 481 g/mol. The van der Waals surface area contributed by atoms with Crippen molar-refractivity contribution in [1.29, 1.82) is 0 Å². The second kappa shape index (κ2) is 11.9. The summed E-state index contributed by atoms with van der Waals surface area (Å²) in [6.07, 6.45) is 1.80. The number of hydrogen-bond donors (Lipinski definition) is 2. The van der Waals surface area contributed by atoms with Gasteiger partial charge >= 0.3 is 0 Å². The lowest BCUT2D eigenvalue weighted by Crippen LogP contribution is -2.36. The molecule has 1 fully saturated rings. The highest BCUT2D eigenvalue weighted by Crippen LogP contribution is 2.09. The maximum atomic E-state index is 5.40. The molecule has 3 rings (SSSR count). The van der Waals surface area contributed by atoms with Gasteiger partial charge in [-0.05, 0) is 23.3 Å². The largest absolute Gasteiger partial charge is 0.379 e. The van der Waals surface area contributed by atoms with Crippen LogP contribution >= 0.6 is 24.0 Å². The number of aromatic nitrogens is 1. The number of pyridine rings is 1. The van der Waals surface area contributed by atoms with E-state index < -0.39 is 0 Å². The van der Waals surface area contributed by atoms with Crippen LogP contribution in [0.3, 0.4) is 0 Å². The molecule has 1 saturated heterocycles. The number of nitrogens with zero attached hydrogens (tertiary/aromatic N) is 3. The Kier molecular flexibility index (Phi) is 9.51. The van der Waals surface area contributed by atoms with E-state index in [1.807, 2.05) is 18.2 Å². The molecule has 27 heavy (non-hydrogen) atoms. The number of rotatable bonds is 6. The lowest BCUT2D eigenvalue weighted by atomic mass is 10.1. The van der Waals surface area contributed by atoms with E-state index in [9.17, 15) is 0 Å². The van der Waals surface area contributed by atoms with E-state index in [0.717, 1.165) is 51.0 Å². The minimum atomic E-state index is 0. The standard InChI is InChI=1S/C20H27N5O.HI/c1-21-20(24-15-19-4-2-3-9-22-19)23-14-17-5-7-18(8-6-17)16-25-10-12-26-13-11-25;/h2-9H,10-16H2,1H3,(H2,21,23,24);1H. The molecule has 0 amide bonds. The average Bonchev–Trinajstić information content (AvgIpc) is 2.71. The Labute approximate surface area is 178 Å². The molecule has 146 valence electrons. The summed E-state index contributed by atoms with van der Waals surface area (Å²) in [6, 6.07) is 14.7. The molecular formula is C20H28IN5O. The van der Waals surface area contributed by atoms with E-state index in [-0.39, 0.29) is 24.0 Å². The van der Waals surface area contributed by atoms with Gasteiger partial charge in [-0.3, -0.25) is 14.9 Å². The molecule has 2 N–H and O–H groups in total. The first-order chi connectivity index (χ1) is 12.8. The van der Waals surface area contributed by atoms with Gasteiger partial charge in [-0.2, -0.15) is 0 Å². The molecule has 7 heteroatoms. The molecule has 6 nitrogen and oxygen atoms in total. The van der Waals surface area contributed by atoms with Crippen LogP contribution in [0, 0.1) is 0 Å². The van der Waals surface area contributed by atoms with Crippen molar-refractivity contribution in [3.8, 4) is 0 Å². The fraction of sp³-hybridized carbons (Fsp3) is 0.400. The zero-order valence-corrected chi connectivity index (χ0v) is 18.1. The molecule has 0 aliphatic carbocycles. The molecule has 0 bridgehead atoms. The number of benzene rings is 1. The zero-order chi connectivity index (χ0) is 18.0. The van der Waals surface area contributed by atoms with Crippen LogP contribution in [-0.2, 0) is 24.4 Å². The summed E-state index contributed by atoms with van der Waals surface area (Å²) in [4.78, 5) is 11.0. The predicted octanol–water partition coefficient (Wildman–Crippen LogP) is 2.40. The molecule has 1 aliphatic heterocycles. The van der Waals surface area contributed by atoms with Crippen molar-refractivity contribution in [3.05, 3.63) is 65.5 Å². The Morgan fingerprint density at radius 1 is 1.04 bits per heavy atom. The van der Waals surface area contributed by atoms with Crippen LogP contribution in [0.1, 0.15) is 16.8 Å². The molecule has 0 atom stereocenters. The van der Waals surface area contributed by atoms with Crippen molar-refractivity contribution in [2.45, 2.75) is 19.6 Å². The van der Waals surface area contributed by atoms with Crippen molar-refractivity contribution in [2.75, 3.05) is 33.4 Å². The van der Waals surface area contributed by atoms with Crippen LogP contribution in [0.4, 0.5) is 0 Å². The van der Waals surface area contributed by atoms with E-state index in [0.29, 0.717) is 6.54 Å². The Bertz CT molecular complexity index is 687. The van der Waals surface area contributed by atoms with Crippen LogP contribution in [-0.4, -0.2) is 49.2 Å². The number of nitrogens with one attached hydrogen (secondary N) is 2. The van der Waals surface area contributed by atoms with E-state index in [2.05, 4.69) is 49.8 Å². The highest BCUT2D eigenvalue weighted by atomic mass is 127. The Morgan fingerprint density at radius 3 is 2.41 bits per heavy atom. The maximum absolute atomic E-state index is 5.40. The molecule has 0 radical (unpaired) electrons. The first kappa shape index (κ1) is 21.6. The third kappa shape index (κ3) is 7.43. The molecule has 2 heterocycles. The van der Waals surface area contributed by atoms with Crippen LogP contribution in [0.15, 0.2) is 53.7 Å². The summed E-state index contributed by atoms with van der Waals surface area (Å²) in [7, 11) is 1.78. The van der Waals surface area contributed by atoms with E-state index in [1.165, 1.54) is 11.1 Å². The van der Waals surface area contributed by atoms with Crippen LogP contribution in [0.25, 0.3) is 0 Å². The summed E-state index contributed by atoms with van der Waals surface area (Å²) in [5.41, 5.74) is 3.56. The zero-order valence-electron chi connectivity index (χ0n) is 15.7. The minimum Gasteiger partial charge on any atom is -0.379 e. The number of halogens is 1. The maximum Gasteiger partial charge on any atom is 0.191 e. The fourth-order valence-electron chi connectivity index (χ4n) is 2.86. The number of morpholine rings is 1. The second-order valence-electron chi connectivity index (χ2n) is 6.31. The fourth-order valence-corrected chi connectivity index (χ4v) is 2.86. The molecule has 1 aromatic heterocycles. The van der Waals surface area contributed by atoms with E-state index in [1.54, 1.807) is 13.2 Å². The molecule has 1 aliphatic rings. The summed E-state index contributed by atoms with van der Waals surface area (Å²) < 4.78 is 5.40. The molecular weight excluding hydrogens is 453 g/mol. The van der Waals surface area contributed by atoms with Crippen molar-refractivity contribution < 1.29 is 4.74 Å². The van der Waals surface area contributed by atoms with Crippen LogP contribution in [0.5, 0.6) is 0 Å². The Hall–Kier alpha value is -1.71. The third-order valence-corrected chi connectivity index (χ3v) is 4.38. The van der Waals surface area contributed by atoms with Gasteiger partial charge in [-0.1, -0.05) is 30.3 Å². The predicted molar refractivity (Wildman–Crippen MR) is 119 cm³/mol. The molecule has 2 aromatic rings. The summed E-state index contributed by atoms with van der Waals surface area (Å²) >= 11 is 0. The van der Waals surface area contributed by atoms with Gasteiger partial charge in [-0.15, -0.1) is 24.0 Å². The van der Waals surface area contributed by atoms with Crippen LogP contribution in [0.2, 0.25) is 0 Å². The Morgan fingerprint density at radius 2 is 1.74 bits per heavy atom. The molecule has 0 unspecified atom stereocenters. The third-order valence-electron chi connectivity index (χ3n) is 4.38. The second-order valence-corrected chi connectivity index (χ2v) is 6.31. The first-order valence-corrected chi connectivity index (χ1v) is 9.06. The molecule has 0 spiro atoms. The highest BCUT2D eigenvalue weighted by molar-refractivity contribution is 14.0.